The highest BCUT2D eigenvalue weighted by molar-refractivity contribution is 7.53. The minimum absolute atomic E-state index is 0.115. The third-order valence-electron chi connectivity index (χ3n) is 3.36. The number of ether oxygens (including phenoxy) is 1. The molecule has 2 N–H and O–H groups in total. The van der Waals surface area contributed by atoms with Crippen LogP contribution in [0.2, 0.25) is 0 Å². The first kappa shape index (κ1) is 21.6. The minimum Gasteiger partial charge on any atom is -0.368 e. The standard InChI is InChI=1S/C16H29N6O4P/c1-11(2)25-27(23,26-12(3)4)10-24-8-7-22-9-18-13-14(21(5)6)19-16(17)20-15(13)22/h9,11-12H,7-8,10H2,1-6H3,(H2,17,19,20). The molecular weight excluding hydrogens is 371 g/mol. The van der Waals surface area contributed by atoms with Crippen molar-refractivity contribution < 1.29 is 18.3 Å². The normalized spacial score (nSPS) is 12.4. The quantitative estimate of drug-likeness (QED) is 0.474. The molecule has 0 bridgehead atoms. The van der Waals surface area contributed by atoms with Crippen molar-refractivity contribution in [2.45, 2.75) is 46.4 Å². The maximum atomic E-state index is 12.7. The Morgan fingerprint density at radius 3 is 2.37 bits per heavy atom. The first-order valence-electron chi connectivity index (χ1n) is 8.80. The molecule has 152 valence electrons. The maximum absolute atomic E-state index is 12.7. The smallest absolute Gasteiger partial charge is 0.356 e. The molecule has 0 unspecified atom stereocenters. The van der Waals surface area contributed by atoms with Crippen LogP contribution in [0.15, 0.2) is 6.33 Å². The number of fused-ring (bicyclic) bond motifs is 1. The highest BCUT2D eigenvalue weighted by atomic mass is 31.2. The van der Waals surface area contributed by atoms with Crippen LogP contribution >= 0.6 is 7.60 Å². The van der Waals surface area contributed by atoms with Gasteiger partial charge >= 0.3 is 7.60 Å². The molecule has 0 saturated heterocycles. The fraction of sp³-hybridized carbons (Fsp3) is 0.688. The van der Waals surface area contributed by atoms with Gasteiger partial charge in [0.2, 0.25) is 5.95 Å². The molecule has 0 radical (unpaired) electrons. The van der Waals surface area contributed by atoms with Gasteiger partial charge in [0, 0.05) is 20.6 Å². The van der Waals surface area contributed by atoms with Crippen LogP contribution in [0.1, 0.15) is 27.7 Å². The number of nitrogens with two attached hydrogens (primary N) is 1. The SMILES string of the molecule is CC(C)OP(=O)(COCCn1cnc2c(N(C)C)nc(N)nc21)OC(C)C. The molecule has 0 aromatic carbocycles. The Morgan fingerprint density at radius 2 is 1.81 bits per heavy atom. The summed E-state index contributed by atoms with van der Waals surface area (Å²) in [5, 5.41) is 0. The Bertz CT molecular complexity index is 794. The van der Waals surface area contributed by atoms with Crippen LogP contribution in [-0.2, 0) is 24.9 Å². The summed E-state index contributed by atoms with van der Waals surface area (Å²) in [5.74, 6) is 0.825. The van der Waals surface area contributed by atoms with E-state index in [1.54, 1.807) is 34.0 Å². The molecule has 10 nitrogen and oxygen atoms in total. The van der Waals surface area contributed by atoms with Crippen LogP contribution in [-0.4, -0.2) is 58.8 Å². The summed E-state index contributed by atoms with van der Waals surface area (Å²) in [7, 11) is 0.416. The van der Waals surface area contributed by atoms with Gasteiger partial charge in [0.1, 0.15) is 6.35 Å². The lowest BCUT2D eigenvalue weighted by Gasteiger charge is -2.22. The van der Waals surface area contributed by atoms with Crippen LogP contribution in [0.3, 0.4) is 0 Å². The number of nitrogens with zero attached hydrogens (tertiary/aromatic N) is 5. The van der Waals surface area contributed by atoms with Crippen LogP contribution in [0.4, 0.5) is 11.8 Å². The topological polar surface area (TPSA) is 118 Å². The second kappa shape index (κ2) is 8.97. The molecular formula is C16H29N6O4P. The zero-order chi connectivity index (χ0) is 20.2. The monoisotopic (exact) mass is 400 g/mol. The van der Waals surface area contributed by atoms with Crippen molar-refractivity contribution in [1.29, 1.82) is 0 Å². The lowest BCUT2D eigenvalue weighted by molar-refractivity contribution is 0.0961. The third-order valence-corrected chi connectivity index (χ3v) is 5.34. The molecule has 0 aliphatic carbocycles. The van der Waals surface area contributed by atoms with E-state index in [1.807, 2.05) is 23.6 Å². The van der Waals surface area contributed by atoms with Crippen LogP contribution in [0.5, 0.6) is 0 Å². The lowest BCUT2D eigenvalue weighted by Crippen LogP contribution is -2.14. The summed E-state index contributed by atoms with van der Waals surface area (Å²) >= 11 is 0. The summed E-state index contributed by atoms with van der Waals surface area (Å²) in [6.07, 6.45) is 1.10. The average molecular weight is 400 g/mol. The molecule has 0 fully saturated rings. The second-order valence-corrected chi connectivity index (χ2v) is 8.77. The summed E-state index contributed by atoms with van der Waals surface area (Å²) in [4.78, 5) is 14.7. The Hall–Kier alpha value is -1.74. The van der Waals surface area contributed by atoms with Crippen molar-refractivity contribution in [3.63, 3.8) is 0 Å². The summed E-state index contributed by atoms with van der Waals surface area (Å²) in [5.41, 5.74) is 7.08. The number of imidazole rings is 1. The second-order valence-electron chi connectivity index (χ2n) is 6.87. The van der Waals surface area contributed by atoms with Crippen LogP contribution < -0.4 is 10.6 Å². The molecule has 2 aromatic rings. The van der Waals surface area contributed by atoms with E-state index < -0.39 is 7.60 Å². The van der Waals surface area contributed by atoms with Gasteiger partial charge in [-0.2, -0.15) is 9.97 Å². The minimum atomic E-state index is -3.31. The predicted molar refractivity (Wildman–Crippen MR) is 105 cm³/mol. The number of hydrogen-bond acceptors (Lipinski definition) is 9. The average Bonchev–Trinajstić information content (AvgIpc) is 2.91. The molecule has 11 heteroatoms. The number of hydrogen-bond donors (Lipinski definition) is 1. The van der Waals surface area contributed by atoms with Crippen molar-refractivity contribution in [3.8, 4) is 0 Å². The van der Waals surface area contributed by atoms with Gasteiger partial charge in [-0.25, -0.2) is 4.98 Å². The zero-order valence-corrected chi connectivity index (χ0v) is 17.6. The highest BCUT2D eigenvalue weighted by Crippen LogP contribution is 2.50. The molecule has 0 aliphatic heterocycles. The summed E-state index contributed by atoms with van der Waals surface area (Å²) in [6.45, 7) is 7.98. The maximum Gasteiger partial charge on any atom is 0.356 e. The summed E-state index contributed by atoms with van der Waals surface area (Å²) in [6, 6.07) is 0. The van der Waals surface area contributed by atoms with Crippen molar-refractivity contribution >= 4 is 30.5 Å². The first-order valence-corrected chi connectivity index (χ1v) is 10.5. The number of anilines is 2. The van der Waals surface area contributed by atoms with Crippen molar-refractivity contribution in [3.05, 3.63) is 6.33 Å². The number of aromatic nitrogens is 4. The van der Waals surface area contributed by atoms with E-state index in [2.05, 4.69) is 15.0 Å². The largest absolute Gasteiger partial charge is 0.368 e. The molecule has 0 saturated carbocycles. The summed E-state index contributed by atoms with van der Waals surface area (Å²) < 4.78 is 31.1. The Kier molecular flexibility index (Phi) is 7.16. The molecule has 0 atom stereocenters. The highest BCUT2D eigenvalue weighted by Gasteiger charge is 2.28. The molecule has 2 aromatic heterocycles. The van der Waals surface area contributed by atoms with E-state index in [9.17, 15) is 4.57 Å². The van der Waals surface area contributed by atoms with Gasteiger partial charge in [-0.1, -0.05) is 0 Å². The molecule has 2 rings (SSSR count). The van der Waals surface area contributed by atoms with Crippen LogP contribution in [0, 0.1) is 0 Å². The van der Waals surface area contributed by atoms with Gasteiger partial charge in [-0.15, -0.1) is 0 Å². The lowest BCUT2D eigenvalue weighted by atomic mass is 10.4. The third kappa shape index (κ3) is 5.87. The molecule has 2 heterocycles. The molecule has 0 aliphatic rings. The van der Waals surface area contributed by atoms with Gasteiger partial charge in [-0.05, 0) is 27.7 Å². The van der Waals surface area contributed by atoms with Gasteiger partial charge in [0.25, 0.3) is 0 Å². The van der Waals surface area contributed by atoms with Gasteiger partial charge in [0.15, 0.2) is 17.0 Å². The number of nitrogen functional groups attached to an aromatic ring is 1. The van der Waals surface area contributed by atoms with E-state index in [0.29, 0.717) is 30.1 Å². The Morgan fingerprint density at radius 1 is 1.19 bits per heavy atom. The van der Waals surface area contributed by atoms with E-state index in [4.69, 9.17) is 19.5 Å². The van der Waals surface area contributed by atoms with Crippen molar-refractivity contribution in [2.24, 2.45) is 0 Å². The predicted octanol–water partition coefficient (Wildman–Crippen LogP) is 2.49. The molecule has 0 amide bonds. The van der Waals surface area contributed by atoms with E-state index >= 15 is 0 Å². The first-order chi connectivity index (χ1) is 12.6. The van der Waals surface area contributed by atoms with Crippen molar-refractivity contribution in [2.75, 3.05) is 37.7 Å². The molecule has 27 heavy (non-hydrogen) atoms. The van der Waals surface area contributed by atoms with Gasteiger partial charge in [0.05, 0.1) is 25.1 Å². The van der Waals surface area contributed by atoms with Crippen molar-refractivity contribution in [1.82, 2.24) is 19.5 Å². The Balaban J connectivity index is 2.03. The van der Waals surface area contributed by atoms with E-state index in [0.717, 1.165) is 0 Å². The van der Waals surface area contributed by atoms with Gasteiger partial charge in [-0.3, -0.25) is 4.57 Å². The fourth-order valence-electron chi connectivity index (χ4n) is 2.49. The fourth-order valence-corrected chi connectivity index (χ4v) is 4.30. The number of rotatable bonds is 10. The van der Waals surface area contributed by atoms with E-state index in [-0.39, 0.29) is 24.5 Å². The van der Waals surface area contributed by atoms with Crippen LogP contribution in [0.25, 0.3) is 11.2 Å². The van der Waals surface area contributed by atoms with Gasteiger partial charge < -0.3 is 29.0 Å². The molecule has 0 spiro atoms. The van der Waals surface area contributed by atoms with E-state index in [1.165, 1.54) is 0 Å². The zero-order valence-electron chi connectivity index (χ0n) is 16.7. The Labute approximate surface area is 159 Å².